The van der Waals surface area contributed by atoms with Gasteiger partial charge < -0.3 is 0 Å². The smallest absolute Gasteiger partial charge is 0.145 e. The summed E-state index contributed by atoms with van der Waals surface area (Å²) < 4.78 is 42.3. The third-order valence-electron chi connectivity index (χ3n) is 9.54. The molecule has 0 saturated heterocycles. The largest absolute Gasteiger partial charge is 0.207 e. The van der Waals surface area contributed by atoms with Gasteiger partial charge in [0.15, 0.2) is 0 Å². The summed E-state index contributed by atoms with van der Waals surface area (Å²) in [6.45, 7) is 2.29. The Bertz CT molecular complexity index is 980. The van der Waals surface area contributed by atoms with Crippen LogP contribution in [0.1, 0.15) is 126 Å². The molecule has 2 aromatic carbocycles. The molecular weight excluding hydrogens is 501 g/mol. The molecule has 2 aliphatic carbocycles. The Morgan fingerprint density at radius 1 is 0.658 bits per heavy atom. The van der Waals surface area contributed by atoms with Gasteiger partial charge in [0.25, 0.3) is 0 Å². The lowest BCUT2D eigenvalue weighted by Gasteiger charge is -2.32. The van der Waals surface area contributed by atoms with Crippen molar-refractivity contribution >= 4 is 11.6 Å². The number of hydrogen-bond donors (Lipinski definition) is 0. The van der Waals surface area contributed by atoms with Gasteiger partial charge >= 0.3 is 0 Å². The highest BCUT2D eigenvalue weighted by molar-refractivity contribution is 6.30. The molecule has 4 rings (SSSR count). The Labute approximate surface area is 233 Å². The Balaban J connectivity index is 1.16. The van der Waals surface area contributed by atoms with Crippen molar-refractivity contribution in [2.75, 3.05) is 0 Å². The fourth-order valence-corrected chi connectivity index (χ4v) is 7.09. The fourth-order valence-electron chi connectivity index (χ4n) is 6.98. The first kappa shape index (κ1) is 29.5. The van der Waals surface area contributed by atoms with Crippen molar-refractivity contribution < 1.29 is 13.2 Å². The Morgan fingerprint density at radius 2 is 1.24 bits per heavy atom. The van der Waals surface area contributed by atoms with Crippen LogP contribution in [0, 0.1) is 35.2 Å². The van der Waals surface area contributed by atoms with E-state index in [0.717, 1.165) is 36.2 Å². The predicted octanol–water partition coefficient (Wildman–Crippen LogP) is 11.4. The van der Waals surface area contributed by atoms with Crippen LogP contribution in [0.2, 0.25) is 5.02 Å². The summed E-state index contributed by atoms with van der Waals surface area (Å²) in [4.78, 5) is 0. The minimum atomic E-state index is -0.770. The maximum atomic E-state index is 14.9. The summed E-state index contributed by atoms with van der Waals surface area (Å²) in [5.74, 6) is 1.47. The standard InChI is InChI=1S/C34H46ClF3/c1-2-3-4-5-6-24-7-9-25(10-8-24)11-12-26-13-16-28(17-14-26)30-20-19-29(31(36)23-30)18-15-27-21-32(37)34(35)33(38)22-27/h19-26,28H,2-18H2,1H3. The third-order valence-corrected chi connectivity index (χ3v) is 9.90. The number of benzene rings is 2. The lowest BCUT2D eigenvalue weighted by atomic mass is 9.74. The van der Waals surface area contributed by atoms with E-state index < -0.39 is 16.7 Å². The molecule has 0 heterocycles. The zero-order valence-electron chi connectivity index (χ0n) is 23.2. The number of unbranched alkanes of at least 4 members (excludes halogenated alkanes) is 3. The molecule has 2 aliphatic rings. The van der Waals surface area contributed by atoms with Crippen LogP contribution >= 0.6 is 11.6 Å². The summed E-state index contributed by atoms with van der Waals surface area (Å²) in [6.07, 6.45) is 21.2. The molecule has 0 aromatic heterocycles. The van der Waals surface area contributed by atoms with Crippen LogP contribution in [0.4, 0.5) is 13.2 Å². The maximum Gasteiger partial charge on any atom is 0.145 e. The van der Waals surface area contributed by atoms with Crippen LogP contribution in [0.3, 0.4) is 0 Å². The zero-order chi connectivity index (χ0) is 26.9. The van der Waals surface area contributed by atoms with Crippen molar-refractivity contribution in [1.29, 1.82) is 0 Å². The predicted molar refractivity (Wildman–Crippen MR) is 153 cm³/mol. The molecule has 0 aliphatic heterocycles. The highest BCUT2D eigenvalue weighted by Crippen LogP contribution is 2.40. The number of rotatable bonds is 12. The van der Waals surface area contributed by atoms with Crippen molar-refractivity contribution in [3.8, 4) is 0 Å². The van der Waals surface area contributed by atoms with E-state index in [0.29, 0.717) is 29.9 Å². The second kappa shape index (κ2) is 14.8. The van der Waals surface area contributed by atoms with E-state index in [-0.39, 0.29) is 5.82 Å². The van der Waals surface area contributed by atoms with Gasteiger partial charge in [-0.1, -0.05) is 101 Å². The third kappa shape index (κ3) is 8.51. The number of halogens is 4. The molecule has 0 bridgehead atoms. The summed E-state index contributed by atoms with van der Waals surface area (Å²) in [5.41, 5.74) is 2.18. The van der Waals surface area contributed by atoms with E-state index in [4.69, 9.17) is 11.6 Å². The van der Waals surface area contributed by atoms with Crippen LogP contribution in [0.25, 0.3) is 0 Å². The average Bonchev–Trinajstić information content (AvgIpc) is 2.93. The normalized spacial score (nSPS) is 24.0. The molecule has 0 unspecified atom stereocenters. The Morgan fingerprint density at radius 3 is 1.82 bits per heavy atom. The number of hydrogen-bond acceptors (Lipinski definition) is 0. The first-order valence-electron chi connectivity index (χ1n) is 15.3. The molecule has 2 aromatic rings. The molecule has 0 radical (unpaired) electrons. The van der Waals surface area contributed by atoms with Crippen LogP contribution < -0.4 is 0 Å². The second-order valence-corrected chi connectivity index (χ2v) is 12.6. The molecular formula is C34H46ClF3. The van der Waals surface area contributed by atoms with Crippen LogP contribution in [0.5, 0.6) is 0 Å². The molecule has 0 spiro atoms. The van der Waals surface area contributed by atoms with E-state index >= 15 is 0 Å². The van der Waals surface area contributed by atoms with Gasteiger partial charge in [-0.05, 0) is 97.1 Å². The highest BCUT2D eigenvalue weighted by Gasteiger charge is 2.26. The van der Waals surface area contributed by atoms with Crippen molar-refractivity contribution in [2.24, 2.45) is 17.8 Å². The topological polar surface area (TPSA) is 0 Å². The summed E-state index contributed by atoms with van der Waals surface area (Å²) in [5, 5.41) is -0.491. The van der Waals surface area contributed by atoms with Crippen molar-refractivity contribution in [2.45, 2.75) is 122 Å². The van der Waals surface area contributed by atoms with Gasteiger partial charge in [-0.15, -0.1) is 0 Å². The fraction of sp³-hybridized carbons (Fsp3) is 0.647. The van der Waals surface area contributed by atoms with Crippen molar-refractivity contribution in [3.05, 3.63) is 69.5 Å². The van der Waals surface area contributed by atoms with Crippen molar-refractivity contribution in [3.63, 3.8) is 0 Å². The lowest BCUT2D eigenvalue weighted by molar-refractivity contribution is 0.222. The van der Waals surface area contributed by atoms with Gasteiger partial charge in [-0.2, -0.15) is 0 Å². The maximum absolute atomic E-state index is 14.9. The van der Waals surface area contributed by atoms with Gasteiger partial charge in [-0.3, -0.25) is 0 Å². The van der Waals surface area contributed by atoms with Gasteiger partial charge in [-0.25, -0.2) is 13.2 Å². The molecule has 4 heteroatoms. The van der Waals surface area contributed by atoms with Gasteiger partial charge in [0.1, 0.15) is 22.5 Å². The molecule has 0 amide bonds. The van der Waals surface area contributed by atoms with Crippen LogP contribution in [-0.2, 0) is 12.8 Å². The molecule has 0 N–H and O–H groups in total. The average molecular weight is 547 g/mol. The molecule has 2 fully saturated rings. The van der Waals surface area contributed by atoms with Crippen LogP contribution in [-0.4, -0.2) is 0 Å². The Hall–Kier alpha value is -1.48. The monoisotopic (exact) mass is 546 g/mol. The summed E-state index contributed by atoms with van der Waals surface area (Å²) in [7, 11) is 0. The Kier molecular flexibility index (Phi) is 11.5. The molecule has 210 valence electrons. The lowest BCUT2D eigenvalue weighted by Crippen LogP contribution is -2.18. The SMILES string of the molecule is CCCCCCC1CCC(CCC2CCC(c3ccc(CCc4cc(F)c(Cl)c(F)c4)c(F)c3)CC2)CC1. The van der Waals surface area contributed by atoms with E-state index in [1.165, 1.54) is 95.6 Å². The molecule has 0 nitrogen and oxygen atoms in total. The van der Waals surface area contributed by atoms with E-state index in [9.17, 15) is 13.2 Å². The van der Waals surface area contributed by atoms with Crippen LogP contribution in [0.15, 0.2) is 30.3 Å². The molecule has 0 atom stereocenters. The van der Waals surface area contributed by atoms with Crippen molar-refractivity contribution in [1.82, 2.24) is 0 Å². The first-order chi connectivity index (χ1) is 18.4. The molecule has 38 heavy (non-hydrogen) atoms. The number of aryl methyl sites for hydroxylation is 2. The summed E-state index contributed by atoms with van der Waals surface area (Å²) >= 11 is 5.56. The van der Waals surface area contributed by atoms with Gasteiger partial charge in [0.2, 0.25) is 0 Å². The quantitative estimate of drug-likeness (QED) is 0.183. The van der Waals surface area contributed by atoms with E-state index in [1.807, 2.05) is 6.07 Å². The zero-order valence-corrected chi connectivity index (χ0v) is 24.0. The highest BCUT2D eigenvalue weighted by atomic mass is 35.5. The minimum Gasteiger partial charge on any atom is -0.207 e. The first-order valence-corrected chi connectivity index (χ1v) is 15.7. The summed E-state index contributed by atoms with van der Waals surface area (Å²) in [6, 6.07) is 8.09. The van der Waals surface area contributed by atoms with Gasteiger partial charge in [0, 0.05) is 0 Å². The van der Waals surface area contributed by atoms with E-state index in [1.54, 1.807) is 6.07 Å². The minimum absolute atomic E-state index is 0.208. The van der Waals surface area contributed by atoms with Gasteiger partial charge in [0.05, 0.1) is 0 Å². The van der Waals surface area contributed by atoms with E-state index in [2.05, 4.69) is 13.0 Å². The second-order valence-electron chi connectivity index (χ2n) is 12.3. The molecule has 2 saturated carbocycles.